The van der Waals surface area contributed by atoms with Crippen molar-refractivity contribution in [2.24, 2.45) is 0 Å². The van der Waals surface area contributed by atoms with Crippen molar-refractivity contribution in [3.8, 4) is 5.75 Å². The Labute approximate surface area is 141 Å². The molecule has 0 saturated carbocycles. The van der Waals surface area contributed by atoms with Crippen LogP contribution in [0.2, 0.25) is 0 Å². The molecular weight excluding hydrogens is 308 g/mol. The summed E-state index contributed by atoms with van der Waals surface area (Å²) < 4.78 is 5.10. The van der Waals surface area contributed by atoms with Gasteiger partial charge in [-0.2, -0.15) is 0 Å². The zero-order valence-electron chi connectivity index (χ0n) is 13.7. The highest BCUT2D eigenvalue weighted by Crippen LogP contribution is 2.17. The molecule has 0 bridgehead atoms. The number of rotatable bonds is 6. The highest BCUT2D eigenvalue weighted by molar-refractivity contribution is 5.85. The summed E-state index contributed by atoms with van der Waals surface area (Å²) in [5.41, 5.74) is 4.14. The first-order valence-electron chi connectivity index (χ1n) is 8.07. The van der Waals surface area contributed by atoms with Crippen LogP contribution in [-0.4, -0.2) is 48.0 Å². The van der Waals surface area contributed by atoms with Crippen molar-refractivity contribution in [3.63, 3.8) is 0 Å². The summed E-state index contributed by atoms with van der Waals surface area (Å²) in [5, 5.41) is 4.71. The van der Waals surface area contributed by atoms with Crippen LogP contribution >= 0.6 is 0 Å². The van der Waals surface area contributed by atoms with Gasteiger partial charge < -0.3 is 20.0 Å². The van der Waals surface area contributed by atoms with Crippen LogP contribution in [0.25, 0.3) is 0 Å². The number of fused-ring (bicyclic) bond motifs is 1. The molecule has 1 aromatic carbocycles. The third-order valence-electron chi connectivity index (χ3n) is 4.25. The van der Waals surface area contributed by atoms with E-state index in [4.69, 9.17) is 4.74 Å². The van der Waals surface area contributed by atoms with E-state index in [-0.39, 0.29) is 24.3 Å². The van der Waals surface area contributed by atoms with Crippen molar-refractivity contribution in [1.29, 1.82) is 0 Å². The zero-order valence-corrected chi connectivity index (χ0v) is 13.7. The molecule has 2 heterocycles. The summed E-state index contributed by atoms with van der Waals surface area (Å²) in [6, 6.07) is 7.41. The molecule has 128 valence electrons. The molecule has 3 rings (SSSR count). The first-order valence-corrected chi connectivity index (χ1v) is 8.07. The molecule has 1 atom stereocenters. The van der Waals surface area contributed by atoms with Crippen LogP contribution in [-0.2, 0) is 16.1 Å². The van der Waals surface area contributed by atoms with E-state index in [1.54, 1.807) is 18.2 Å². The number of ether oxygens (including phenoxy) is 1. The summed E-state index contributed by atoms with van der Waals surface area (Å²) in [6.07, 6.45) is 4.66. The maximum absolute atomic E-state index is 12.3. The molecule has 0 aromatic heterocycles. The number of benzene rings is 1. The molecule has 1 saturated heterocycles. The first kappa shape index (κ1) is 16.3. The van der Waals surface area contributed by atoms with E-state index < -0.39 is 0 Å². The molecule has 2 N–H and O–H groups in total. The number of carbonyl (C=O) groups excluding carboxylic acids is 2. The Bertz CT molecular complexity index is 629. The summed E-state index contributed by atoms with van der Waals surface area (Å²) in [4.78, 5) is 25.9. The van der Waals surface area contributed by atoms with Crippen LogP contribution < -0.4 is 15.5 Å². The van der Waals surface area contributed by atoms with E-state index in [0.717, 1.165) is 24.3 Å². The Kier molecular flexibility index (Phi) is 5.00. The monoisotopic (exact) mass is 330 g/mol. The Morgan fingerprint density at radius 3 is 2.88 bits per heavy atom. The van der Waals surface area contributed by atoms with Gasteiger partial charge in [0.15, 0.2) is 0 Å². The Hall–Kier alpha value is -2.54. The minimum Gasteiger partial charge on any atom is -0.497 e. The molecular formula is C17H22N4O3. The fourth-order valence-corrected chi connectivity index (χ4v) is 2.84. The molecule has 2 amide bonds. The summed E-state index contributed by atoms with van der Waals surface area (Å²) in [7, 11) is 1.62. The Morgan fingerprint density at radius 2 is 2.12 bits per heavy atom. The lowest BCUT2D eigenvalue weighted by molar-refractivity contribution is -0.134. The van der Waals surface area contributed by atoms with Gasteiger partial charge in [-0.25, -0.2) is 5.43 Å². The molecule has 1 aromatic rings. The van der Waals surface area contributed by atoms with Crippen LogP contribution in [0.4, 0.5) is 0 Å². The molecule has 7 nitrogen and oxygen atoms in total. The maximum Gasteiger partial charge on any atom is 0.250 e. The van der Waals surface area contributed by atoms with Gasteiger partial charge in [-0.15, -0.1) is 0 Å². The van der Waals surface area contributed by atoms with Crippen molar-refractivity contribution in [1.82, 2.24) is 20.7 Å². The highest BCUT2D eigenvalue weighted by Gasteiger charge is 2.34. The largest absolute Gasteiger partial charge is 0.497 e. The Morgan fingerprint density at radius 1 is 1.33 bits per heavy atom. The second-order valence-corrected chi connectivity index (χ2v) is 5.82. The van der Waals surface area contributed by atoms with Crippen LogP contribution in [0.5, 0.6) is 5.75 Å². The summed E-state index contributed by atoms with van der Waals surface area (Å²) >= 11 is 0. The zero-order chi connectivity index (χ0) is 16.9. The van der Waals surface area contributed by atoms with Crippen LogP contribution in [0.1, 0.15) is 18.4 Å². The quantitative estimate of drug-likeness (QED) is 0.799. The van der Waals surface area contributed by atoms with Crippen LogP contribution in [0.3, 0.4) is 0 Å². The summed E-state index contributed by atoms with van der Waals surface area (Å²) in [6.45, 7) is 1.66. The third-order valence-corrected chi connectivity index (χ3v) is 4.25. The second kappa shape index (κ2) is 7.35. The molecule has 1 unspecified atom stereocenters. The molecule has 2 aliphatic rings. The van der Waals surface area contributed by atoms with Gasteiger partial charge in [0.05, 0.1) is 7.11 Å². The molecule has 0 radical (unpaired) electrons. The molecule has 1 fully saturated rings. The van der Waals surface area contributed by atoms with E-state index >= 15 is 0 Å². The van der Waals surface area contributed by atoms with E-state index in [1.807, 2.05) is 35.5 Å². The SMILES string of the molecule is COc1ccc(CNC(=O)CCN2C=CN3NCCC3C2=O)cc1. The van der Waals surface area contributed by atoms with Gasteiger partial charge in [0.1, 0.15) is 11.8 Å². The predicted octanol–water partition coefficient (Wildman–Crippen LogP) is 0.594. The van der Waals surface area contributed by atoms with Gasteiger partial charge >= 0.3 is 0 Å². The van der Waals surface area contributed by atoms with E-state index in [1.165, 1.54) is 0 Å². The van der Waals surface area contributed by atoms with Gasteiger partial charge in [-0.05, 0) is 24.1 Å². The number of hydrogen-bond acceptors (Lipinski definition) is 5. The fraction of sp³-hybridized carbons (Fsp3) is 0.412. The first-order chi connectivity index (χ1) is 11.7. The molecule has 0 aliphatic carbocycles. The van der Waals surface area contributed by atoms with E-state index in [2.05, 4.69) is 10.7 Å². The molecule has 0 spiro atoms. The average Bonchev–Trinajstić information content (AvgIpc) is 3.09. The fourth-order valence-electron chi connectivity index (χ4n) is 2.84. The third kappa shape index (κ3) is 3.68. The number of amides is 2. The number of methoxy groups -OCH3 is 1. The average molecular weight is 330 g/mol. The summed E-state index contributed by atoms with van der Waals surface area (Å²) in [5.74, 6) is 0.764. The topological polar surface area (TPSA) is 73.9 Å². The van der Waals surface area contributed by atoms with Crippen LogP contribution in [0.15, 0.2) is 36.7 Å². The lowest BCUT2D eigenvalue weighted by Crippen LogP contribution is -2.48. The smallest absolute Gasteiger partial charge is 0.250 e. The number of nitrogens with one attached hydrogen (secondary N) is 2. The van der Waals surface area contributed by atoms with Gasteiger partial charge in [0, 0.05) is 38.5 Å². The lowest BCUT2D eigenvalue weighted by atomic mass is 10.1. The van der Waals surface area contributed by atoms with Gasteiger partial charge in [0.2, 0.25) is 5.91 Å². The molecule has 24 heavy (non-hydrogen) atoms. The van der Waals surface area contributed by atoms with Crippen LogP contribution in [0, 0.1) is 0 Å². The number of carbonyl (C=O) groups is 2. The number of nitrogens with zero attached hydrogens (tertiary/aromatic N) is 2. The van der Waals surface area contributed by atoms with Gasteiger partial charge in [-0.3, -0.25) is 9.59 Å². The van der Waals surface area contributed by atoms with E-state index in [0.29, 0.717) is 13.1 Å². The number of hydrazine groups is 1. The van der Waals surface area contributed by atoms with Crippen molar-refractivity contribution in [2.75, 3.05) is 20.2 Å². The molecule has 2 aliphatic heterocycles. The predicted molar refractivity (Wildman–Crippen MR) is 88.6 cm³/mol. The minimum atomic E-state index is -0.141. The van der Waals surface area contributed by atoms with Crippen molar-refractivity contribution in [2.45, 2.75) is 25.4 Å². The molecule has 7 heteroatoms. The van der Waals surface area contributed by atoms with E-state index in [9.17, 15) is 9.59 Å². The number of hydrogen-bond donors (Lipinski definition) is 2. The van der Waals surface area contributed by atoms with Gasteiger partial charge in [-0.1, -0.05) is 12.1 Å². The lowest BCUT2D eigenvalue weighted by Gasteiger charge is -2.31. The van der Waals surface area contributed by atoms with Crippen molar-refractivity contribution >= 4 is 11.8 Å². The Balaban J connectivity index is 1.43. The second-order valence-electron chi connectivity index (χ2n) is 5.82. The normalized spacial score (nSPS) is 19.4. The highest BCUT2D eigenvalue weighted by atomic mass is 16.5. The van der Waals surface area contributed by atoms with Crippen molar-refractivity contribution < 1.29 is 14.3 Å². The standard InChI is InChI=1S/C17H22N4O3/c1-24-14-4-2-13(3-5-14)12-18-16(22)7-9-20-10-11-21-15(17(20)23)6-8-19-21/h2-5,10-11,15,19H,6-9,12H2,1H3,(H,18,22). The van der Waals surface area contributed by atoms with Crippen molar-refractivity contribution in [3.05, 3.63) is 42.2 Å². The maximum atomic E-state index is 12.3. The minimum absolute atomic E-state index is 0.0467. The van der Waals surface area contributed by atoms with Gasteiger partial charge in [0.25, 0.3) is 5.91 Å².